The highest BCUT2D eigenvalue weighted by Crippen LogP contribution is 2.11. The minimum atomic E-state index is -0.644. The van der Waals surface area contributed by atoms with Gasteiger partial charge in [-0.25, -0.2) is 4.39 Å². The first-order valence-corrected chi connectivity index (χ1v) is 7.93. The summed E-state index contributed by atoms with van der Waals surface area (Å²) in [5, 5.41) is 5.55. The van der Waals surface area contributed by atoms with Gasteiger partial charge in [0.25, 0.3) is 5.91 Å². The van der Waals surface area contributed by atoms with E-state index in [9.17, 15) is 14.0 Å². The summed E-state index contributed by atoms with van der Waals surface area (Å²) in [6.45, 7) is 4.91. The number of rotatable bonds is 6. The van der Waals surface area contributed by atoms with Crippen LogP contribution >= 0.6 is 0 Å². The van der Waals surface area contributed by atoms with Crippen LogP contribution in [-0.4, -0.2) is 37.1 Å². The molecule has 0 bridgehead atoms. The van der Waals surface area contributed by atoms with Crippen LogP contribution in [0.15, 0.2) is 24.3 Å². The van der Waals surface area contributed by atoms with E-state index >= 15 is 0 Å². The fourth-order valence-corrected chi connectivity index (χ4v) is 2.49. The summed E-state index contributed by atoms with van der Waals surface area (Å²) in [5.41, 5.74) is 0.323. The molecule has 1 aromatic rings. The molecular weight excluding hydrogens is 299 g/mol. The molecule has 1 aliphatic heterocycles. The van der Waals surface area contributed by atoms with Gasteiger partial charge in [-0.05, 0) is 43.0 Å². The SMILES string of the molecule is CC(C)[C@@H](NC(=O)c1ccc(F)cc1)C(=O)NC[C@@H]1CCCO1. The number of amides is 2. The molecule has 1 saturated heterocycles. The number of carbonyl (C=O) groups excluding carboxylic acids is 2. The topological polar surface area (TPSA) is 67.4 Å². The minimum Gasteiger partial charge on any atom is -0.376 e. The van der Waals surface area contributed by atoms with Crippen molar-refractivity contribution in [3.63, 3.8) is 0 Å². The van der Waals surface area contributed by atoms with Crippen LogP contribution in [0.3, 0.4) is 0 Å². The zero-order valence-electron chi connectivity index (χ0n) is 13.5. The van der Waals surface area contributed by atoms with Crippen molar-refractivity contribution >= 4 is 11.8 Å². The van der Waals surface area contributed by atoms with E-state index in [4.69, 9.17) is 4.74 Å². The predicted octanol–water partition coefficient (Wildman–Crippen LogP) is 1.88. The van der Waals surface area contributed by atoms with Crippen LogP contribution in [0.4, 0.5) is 4.39 Å². The van der Waals surface area contributed by atoms with E-state index in [1.54, 1.807) is 0 Å². The van der Waals surface area contributed by atoms with Gasteiger partial charge in [-0.2, -0.15) is 0 Å². The summed E-state index contributed by atoms with van der Waals surface area (Å²) in [6, 6.07) is 4.58. The van der Waals surface area contributed by atoms with Gasteiger partial charge in [0.1, 0.15) is 11.9 Å². The third kappa shape index (κ3) is 5.03. The fourth-order valence-electron chi connectivity index (χ4n) is 2.49. The number of ether oxygens (including phenoxy) is 1. The van der Waals surface area contributed by atoms with Crippen molar-refractivity contribution in [2.75, 3.05) is 13.2 Å². The Morgan fingerprint density at radius 3 is 2.57 bits per heavy atom. The number of nitrogens with one attached hydrogen (secondary N) is 2. The fraction of sp³-hybridized carbons (Fsp3) is 0.529. The lowest BCUT2D eigenvalue weighted by Gasteiger charge is -2.22. The first kappa shape index (κ1) is 17.4. The summed E-state index contributed by atoms with van der Waals surface area (Å²) in [6.07, 6.45) is 2.00. The third-order valence-corrected chi connectivity index (χ3v) is 3.87. The van der Waals surface area contributed by atoms with Crippen LogP contribution in [-0.2, 0) is 9.53 Å². The standard InChI is InChI=1S/C17H23FN2O3/c1-11(2)15(17(22)19-10-14-4-3-9-23-14)20-16(21)12-5-7-13(18)8-6-12/h5-8,11,14-15H,3-4,9-10H2,1-2H3,(H,19,22)(H,20,21)/t14-,15+/m0/s1. The zero-order valence-corrected chi connectivity index (χ0v) is 13.5. The highest BCUT2D eigenvalue weighted by Gasteiger charge is 2.26. The molecule has 5 nitrogen and oxygen atoms in total. The molecule has 1 fully saturated rings. The first-order valence-electron chi connectivity index (χ1n) is 7.93. The third-order valence-electron chi connectivity index (χ3n) is 3.87. The van der Waals surface area contributed by atoms with Gasteiger partial charge in [0.05, 0.1) is 6.10 Å². The second-order valence-corrected chi connectivity index (χ2v) is 6.08. The summed E-state index contributed by atoms with van der Waals surface area (Å²) in [7, 11) is 0. The van der Waals surface area contributed by atoms with Gasteiger partial charge < -0.3 is 15.4 Å². The highest BCUT2D eigenvalue weighted by atomic mass is 19.1. The second-order valence-electron chi connectivity index (χ2n) is 6.08. The van der Waals surface area contributed by atoms with Crippen LogP contribution in [0, 0.1) is 11.7 Å². The molecule has 2 rings (SSSR count). The molecule has 0 aromatic heterocycles. The highest BCUT2D eigenvalue weighted by molar-refractivity contribution is 5.97. The molecular formula is C17H23FN2O3. The van der Waals surface area contributed by atoms with Crippen molar-refractivity contribution in [1.82, 2.24) is 10.6 Å². The van der Waals surface area contributed by atoms with E-state index in [1.165, 1.54) is 24.3 Å². The van der Waals surface area contributed by atoms with E-state index in [0.29, 0.717) is 12.1 Å². The molecule has 0 radical (unpaired) electrons. The molecule has 1 aromatic carbocycles. The van der Waals surface area contributed by atoms with Gasteiger partial charge in [-0.3, -0.25) is 9.59 Å². The first-order chi connectivity index (χ1) is 11.0. The predicted molar refractivity (Wildman–Crippen MR) is 84.5 cm³/mol. The number of halogens is 1. The van der Waals surface area contributed by atoms with Gasteiger partial charge in [0, 0.05) is 18.7 Å². The maximum atomic E-state index is 12.9. The number of benzene rings is 1. The maximum Gasteiger partial charge on any atom is 0.251 e. The van der Waals surface area contributed by atoms with Crippen LogP contribution < -0.4 is 10.6 Å². The van der Waals surface area contributed by atoms with Crippen molar-refractivity contribution in [1.29, 1.82) is 0 Å². The van der Waals surface area contributed by atoms with Gasteiger partial charge in [-0.15, -0.1) is 0 Å². The Morgan fingerprint density at radius 1 is 1.30 bits per heavy atom. The Morgan fingerprint density at radius 2 is 2.00 bits per heavy atom. The second kappa shape index (κ2) is 8.06. The normalized spacial score (nSPS) is 18.7. The maximum absolute atomic E-state index is 12.9. The smallest absolute Gasteiger partial charge is 0.251 e. The van der Waals surface area contributed by atoms with Gasteiger partial charge in [-0.1, -0.05) is 13.8 Å². The molecule has 0 saturated carbocycles. The molecule has 2 amide bonds. The average molecular weight is 322 g/mol. The van der Waals surface area contributed by atoms with Crippen LogP contribution in [0.25, 0.3) is 0 Å². The molecule has 6 heteroatoms. The molecule has 1 heterocycles. The number of carbonyl (C=O) groups is 2. The summed E-state index contributed by atoms with van der Waals surface area (Å²) < 4.78 is 18.4. The van der Waals surface area contributed by atoms with Crippen molar-refractivity contribution in [2.45, 2.75) is 38.8 Å². The molecule has 2 N–H and O–H groups in total. The number of hydrogen-bond acceptors (Lipinski definition) is 3. The molecule has 23 heavy (non-hydrogen) atoms. The van der Waals surface area contributed by atoms with Crippen LogP contribution in [0.2, 0.25) is 0 Å². The van der Waals surface area contributed by atoms with E-state index in [2.05, 4.69) is 10.6 Å². The van der Waals surface area contributed by atoms with Crippen LogP contribution in [0.1, 0.15) is 37.0 Å². The lowest BCUT2D eigenvalue weighted by Crippen LogP contribution is -2.50. The van der Waals surface area contributed by atoms with Crippen LogP contribution in [0.5, 0.6) is 0 Å². The molecule has 2 atom stereocenters. The molecule has 0 aliphatic carbocycles. The summed E-state index contributed by atoms with van der Waals surface area (Å²) in [5.74, 6) is -1.10. The summed E-state index contributed by atoms with van der Waals surface area (Å²) in [4.78, 5) is 24.5. The van der Waals surface area contributed by atoms with Gasteiger partial charge in [0.2, 0.25) is 5.91 Å². The summed E-state index contributed by atoms with van der Waals surface area (Å²) >= 11 is 0. The Balaban J connectivity index is 1.92. The largest absolute Gasteiger partial charge is 0.376 e. The zero-order chi connectivity index (χ0) is 16.8. The van der Waals surface area contributed by atoms with E-state index < -0.39 is 17.8 Å². The lowest BCUT2D eigenvalue weighted by molar-refractivity contribution is -0.124. The Hall–Kier alpha value is -1.95. The van der Waals surface area contributed by atoms with Crippen molar-refractivity contribution in [3.8, 4) is 0 Å². The molecule has 0 spiro atoms. The van der Waals surface area contributed by atoms with E-state index in [-0.39, 0.29) is 17.9 Å². The number of hydrogen-bond donors (Lipinski definition) is 2. The monoisotopic (exact) mass is 322 g/mol. The Labute approximate surface area is 135 Å². The van der Waals surface area contributed by atoms with Gasteiger partial charge in [0.15, 0.2) is 0 Å². The quantitative estimate of drug-likeness (QED) is 0.840. The van der Waals surface area contributed by atoms with Crippen molar-refractivity contribution in [2.24, 2.45) is 5.92 Å². The van der Waals surface area contributed by atoms with Crippen molar-refractivity contribution in [3.05, 3.63) is 35.6 Å². The Bertz CT molecular complexity index is 539. The Kier molecular flexibility index (Phi) is 6.10. The molecule has 1 aliphatic rings. The lowest BCUT2D eigenvalue weighted by atomic mass is 10.0. The average Bonchev–Trinajstić information content (AvgIpc) is 3.03. The molecule has 126 valence electrons. The van der Waals surface area contributed by atoms with E-state index in [1.807, 2.05) is 13.8 Å². The van der Waals surface area contributed by atoms with Crippen molar-refractivity contribution < 1.29 is 18.7 Å². The minimum absolute atomic E-state index is 0.0552. The van der Waals surface area contributed by atoms with E-state index in [0.717, 1.165) is 19.4 Å². The molecule has 0 unspecified atom stereocenters. The van der Waals surface area contributed by atoms with Gasteiger partial charge >= 0.3 is 0 Å².